The number of ether oxygens (including phenoxy) is 1. The van der Waals surface area contributed by atoms with Gasteiger partial charge in [-0.25, -0.2) is 13.8 Å². The smallest absolute Gasteiger partial charge is 0.238 e. The van der Waals surface area contributed by atoms with Crippen LogP contribution in [-0.4, -0.2) is 11.1 Å². The van der Waals surface area contributed by atoms with E-state index in [-0.39, 0.29) is 6.10 Å². The lowest BCUT2D eigenvalue weighted by Gasteiger charge is -2.12. The molecule has 0 aliphatic rings. The summed E-state index contributed by atoms with van der Waals surface area (Å²) in [6, 6.07) is 6.72. The van der Waals surface area contributed by atoms with E-state index in [0.717, 1.165) is 17.8 Å². The maximum absolute atomic E-state index is 13.6. The Balaban J connectivity index is 2.25. The highest BCUT2D eigenvalue weighted by Crippen LogP contribution is 2.31. The number of hydrogen-bond donors (Lipinski definition) is 1. The highest BCUT2D eigenvalue weighted by atomic mass is 32.2. The van der Waals surface area contributed by atoms with Crippen LogP contribution in [0.2, 0.25) is 0 Å². The molecule has 0 amide bonds. The number of benzene rings is 1. The lowest BCUT2D eigenvalue weighted by molar-refractivity contribution is 0.232. The SMILES string of the molecule is CC(C)Oc1nc(Sc2ccc(F)cc2F)ccc1N. The predicted molar refractivity (Wildman–Crippen MR) is 74.9 cm³/mol. The van der Waals surface area contributed by atoms with Gasteiger partial charge in [0, 0.05) is 11.0 Å². The minimum Gasteiger partial charge on any atom is -0.473 e. The lowest BCUT2D eigenvalue weighted by atomic mass is 10.3. The highest BCUT2D eigenvalue weighted by molar-refractivity contribution is 7.99. The molecular weight excluding hydrogens is 282 g/mol. The molecule has 0 bridgehead atoms. The van der Waals surface area contributed by atoms with E-state index >= 15 is 0 Å². The van der Waals surface area contributed by atoms with Crippen LogP contribution in [0.25, 0.3) is 0 Å². The summed E-state index contributed by atoms with van der Waals surface area (Å²) in [7, 11) is 0. The van der Waals surface area contributed by atoms with Crippen LogP contribution < -0.4 is 10.5 Å². The number of aromatic nitrogens is 1. The van der Waals surface area contributed by atoms with Gasteiger partial charge in [0.2, 0.25) is 5.88 Å². The van der Waals surface area contributed by atoms with E-state index in [1.54, 1.807) is 12.1 Å². The van der Waals surface area contributed by atoms with E-state index in [1.165, 1.54) is 12.1 Å². The summed E-state index contributed by atoms with van der Waals surface area (Å²) < 4.78 is 31.9. The van der Waals surface area contributed by atoms with Crippen molar-refractivity contribution >= 4 is 17.4 Å². The van der Waals surface area contributed by atoms with Crippen molar-refractivity contribution in [1.82, 2.24) is 4.98 Å². The largest absolute Gasteiger partial charge is 0.473 e. The zero-order valence-corrected chi connectivity index (χ0v) is 11.9. The first-order chi connectivity index (χ1) is 9.45. The van der Waals surface area contributed by atoms with Gasteiger partial charge in [-0.2, -0.15) is 0 Å². The standard InChI is InChI=1S/C14H14F2N2OS/c1-8(2)19-14-11(17)4-6-13(18-14)20-12-5-3-9(15)7-10(12)16/h3-8H,17H2,1-2H3. The number of nitrogen functional groups attached to an aromatic ring is 1. The summed E-state index contributed by atoms with van der Waals surface area (Å²) in [5, 5.41) is 0.528. The fraction of sp³-hybridized carbons (Fsp3) is 0.214. The van der Waals surface area contributed by atoms with Crippen LogP contribution in [0.1, 0.15) is 13.8 Å². The van der Waals surface area contributed by atoms with Crippen LogP contribution >= 0.6 is 11.8 Å². The summed E-state index contributed by atoms with van der Waals surface area (Å²) in [6.07, 6.45) is -0.0624. The molecular formula is C14H14F2N2OS. The van der Waals surface area contributed by atoms with Crippen molar-refractivity contribution in [2.24, 2.45) is 0 Å². The monoisotopic (exact) mass is 296 g/mol. The first kappa shape index (κ1) is 14.6. The molecule has 1 aromatic heterocycles. The summed E-state index contributed by atoms with van der Waals surface area (Å²) >= 11 is 1.08. The Hall–Kier alpha value is -1.82. The molecule has 1 aromatic carbocycles. The molecule has 0 aliphatic heterocycles. The molecule has 3 nitrogen and oxygen atoms in total. The van der Waals surface area contributed by atoms with Crippen LogP contribution in [-0.2, 0) is 0 Å². The van der Waals surface area contributed by atoms with Gasteiger partial charge in [0.1, 0.15) is 16.7 Å². The van der Waals surface area contributed by atoms with E-state index in [0.29, 0.717) is 21.5 Å². The highest BCUT2D eigenvalue weighted by Gasteiger charge is 2.10. The molecule has 0 saturated carbocycles. The molecule has 0 radical (unpaired) electrons. The third-order valence-corrected chi connectivity index (χ3v) is 3.31. The maximum atomic E-state index is 13.6. The molecule has 0 aliphatic carbocycles. The van der Waals surface area contributed by atoms with Crippen molar-refractivity contribution in [3.8, 4) is 5.88 Å². The van der Waals surface area contributed by atoms with Crippen molar-refractivity contribution in [2.75, 3.05) is 5.73 Å². The predicted octanol–water partition coefficient (Wildman–Crippen LogP) is 3.88. The third-order valence-electron chi connectivity index (χ3n) is 2.32. The number of nitrogens with zero attached hydrogens (tertiary/aromatic N) is 1. The Morgan fingerprint density at radius 2 is 1.95 bits per heavy atom. The van der Waals surface area contributed by atoms with Crippen molar-refractivity contribution in [1.29, 1.82) is 0 Å². The van der Waals surface area contributed by atoms with Crippen LogP contribution in [0.4, 0.5) is 14.5 Å². The average Bonchev–Trinajstić information content (AvgIpc) is 2.36. The summed E-state index contributed by atoms with van der Waals surface area (Å²) in [6.45, 7) is 3.72. The Morgan fingerprint density at radius 1 is 1.20 bits per heavy atom. The van der Waals surface area contributed by atoms with Crippen LogP contribution in [0.5, 0.6) is 5.88 Å². The summed E-state index contributed by atoms with van der Waals surface area (Å²) in [5.74, 6) is -0.923. The van der Waals surface area contributed by atoms with Gasteiger partial charge in [-0.05, 0) is 38.1 Å². The molecule has 6 heteroatoms. The fourth-order valence-corrected chi connectivity index (χ4v) is 2.26. The summed E-state index contributed by atoms with van der Waals surface area (Å²) in [5.41, 5.74) is 6.18. The van der Waals surface area contributed by atoms with Crippen LogP contribution in [0.3, 0.4) is 0 Å². The van der Waals surface area contributed by atoms with E-state index in [1.807, 2.05) is 13.8 Å². The quantitative estimate of drug-likeness (QED) is 0.930. The van der Waals surface area contributed by atoms with E-state index in [2.05, 4.69) is 4.98 Å². The Labute approximate surface area is 120 Å². The first-order valence-electron chi connectivity index (χ1n) is 6.02. The zero-order valence-electron chi connectivity index (χ0n) is 11.1. The molecule has 2 N–H and O–H groups in total. The van der Waals surface area contributed by atoms with Crippen molar-refractivity contribution < 1.29 is 13.5 Å². The Kier molecular flexibility index (Phi) is 4.44. The molecule has 0 fully saturated rings. The molecule has 106 valence electrons. The van der Waals surface area contributed by atoms with Gasteiger partial charge in [-0.1, -0.05) is 11.8 Å². The van der Waals surface area contributed by atoms with Crippen LogP contribution in [0, 0.1) is 11.6 Å². The minimum absolute atomic E-state index is 0.0624. The normalized spacial score (nSPS) is 10.8. The number of nitrogens with two attached hydrogens (primary N) is 1. The summed E-state index contributed by atoms with van der Waals surface area (Å²) in [4.78, 5) is 4.52. The molecule has 2 rings (SSSR count). The second-order valence-electron chi connectivity index (χ2n) is 4.39. The van der Waals surface area contributed by atoms with Gasteiger partial charge in [-0.15, -0.1) is 0 Å². The maximum Gasteiger partial charge on any atom is 0.238 e. The van der Waals surface area contributed by atoms with E-state index < -0.39 is 11.6 Å². The van der Waals surface area contributed by atoms with Crippen LogP contribution in [0.15, 0.2) is 40.3 Å². The van der Waals surface area contributed by atoms with E-state index in [9.17, 15) is 8.78 Å². The Morgan fingerprint density at radius 3 is 2.60 bits per heavy atom. The minimum atomic E-state index is -0.625. The van der Waals surface area contributed by atoms with E-state index in [4.69, 9.17) is 10.5 Å². The second kappa shape index (κ2) is 6.09. The number of halogens is 2. The molecule has 0 saturated heterocycles. The van der Waals surface area contributed by atoms with Crippen molar-refractivity contribution in [3.63, 3.8) is 0 Å². The van der Waals surface area contributed by atoms with Gasteiger partial charge in [0.15, 0.2) is 0 Å². The molecule has 0 spiro atoms. The van der Waals surface area contributed by atoms with Gasteiger partial charge >= 0.3 is 0 Å². The number of hydrogen-bond acceptors (Lipinski definition) is 4. The van der Waals surface area contributed by atoms with Crippen molar-refractivity contribution in [2.45, 2.75) is 29.9 Å². The average molecular weight is 296 g/mol. The molecule has 20 heavy (non-hydrogen) atoms. The lowest BCUT2D eigenvalue weighted by Crippen LogP contribution is -2.09. The van der Waals surface area contributed by atoms with Crippen molar-refractivity contribution in [3.05, 3.63) is 42.0 Å². The molecule has 0 unspecified atom stereocenters. The molecule has 1 heterocycles. The molecule has 2 aromatic rings. The first-order valence-corrected chi connectivity index (χ1v) is 6.83. The fourth-order valence-electron chi connectivity index (χ4n) is 1.48. The zero-order chi connectivity index (χ0) is 14.7. The number of anilines is 1. The van der Waals surface area contributed by atoms with Gasteiger partial charge in [0.05, 0.1) is 11.8 Å². The Bertz CT molecular complexity index is 620. The number of rotatable bonds is 4. The molecule has 0 atom stereocenters. The van der Waals surface area contributed by atoms with Gasteiger partial charge < -0.3 is 10.5 Å². The third kappa shape index (κ3) is 3.60. The second-order valence-corrected chi connectivity index (χ2v) is 5.45. The topological polar surface area (TPSA) is 48.1 Å². The van der Waals surface area contributed by atoms with Gasteiger partial charge in [-0.3, -0.25) is 0 Å². The number of pyridine rings is 1. The van der Waals surface area contributed by atoms with Gasteiger partial charge in [0.25, 0.3) is 0 Å².